The number of carbonyl (C=O) groups excluding carboxylic acids is 2. The Labute approximate surface area is 183 Å². The summed E-state index contributed by atoms with van der Waals surface area (Å²) in [4.78, 5) is 29.3. The summed E-state index contributed by atoms with van der Waals surface area (Å²) < 4.78 is 0. The molecular formula is C26H27N3O2. The number of hydrogen-bond acceptors (Lipinski definition) is 2. The number of hydrogen-bond donors (Lipinski definition) is 1. The minimum atomic E-state index is -0.0746. The van der Waals surface area contributed by atoms with Gasteiger partial charge in [-0.05, 0) is 42.7 Å². The molecule has 5 nitrogen and oxygen atoms in total. The highest BCUT2D eigenvalue weighted by atomic mass is 16.2. The van der Waals surface area contributed by atoms with E-state index in [0.717, 1.165) is 29.8 Å². The van der Waals surface area contributed by atoms with Crippen molar-refractivity contribution < 1.29 is 9.59 Å². The molecule has 0 bridgehead atoms. The monoisotopic (exact) mass is 413 g/mol. The smallest absolute Gasteiger partial charge is 0.324 e. The van der Waals surface area contributed by atoms with E-state index in [4.69, 9.17) is 0 Å². The summed E-state index contributed by atoms with van der Waals surface area (Å²) in [6.07, 6.45) is 1.22. The first kappa shape index (κ1) is 20.7. The van der Waals surface area contributed by atoms with Crippen molar-refractivity contribution in [3.05, 3.63) is 95.6 Å². The normalized spacial score (nSPS) is 13.9. The molecule has 0 aromatic heterocycles. The Morgan fingerprint density at radius 2 is 1.68 bits per heavy atom. The van der Waals surface area contributed by atoms with Crippen LogP contribution in [0.1, 0.15) is 23.1 Å². The molecule has 0 saturated carbocycles. The molecule has 5 heteroatoms. The Hall–Kier alpha value is -3.60. The molecule has 0 aliphatic carbocycles. The second-order valence-electron chi connectivity index (χ2n) is 7.96. The summed E-state index contributed by atoms with van der Waals surface area (Å²) in [5.74, 6) is -0.0746. The SMILES string of the molecule is Cc1cccc(CN2CCCN(c3cccc(NC(=O)Cc4ccccc4)c3)C2=O)c1. The lowest BCUT2D eigenvalue weighted by atomic mass is 10.1. The summed E-state index contributed by atoms with van der Waals surface area (Å²) in [6, 6.07) is 25.4. The Balaban J connectivity index is 1.43. The number of urea groups is 1. The van der Waals surface area contributed by atoms with Crippen LogP contribution in [0.2, 0.25) is 0 Å². The van der Waals surface area contributed by atoms with Crippen molar-refractivity contribution in [2.75, 3.05) is 23.3 Å². The topological polar surface area (TPSA) is 52.6 Å². The molecule has 1 fully saturated rings. The van der Waals surface area contributed by atoms with Crippen molar-refractivity contribution in [1.82, 2.24) is 4.90 Å². The first-order valence-corrected chi connectivity index (χ1v) is 10.6. The van der Waals surface area contributed by atoms with Crippen LogP contribution in [-0.4, -0.2) is 29.9 Å². The second-order valence-corrected chi connectivity index (χ2v) is 7.96. The minimum absolute atomic E-state index is 0.000480. The second kappa shape index (κ2) is 9.47. The van der Waals surface area contributed by atoms with Gasteiger partial charge in [0.1, 0.15) is 0 Å². The number of amides is 3. The van der Waals surface area contributed by atoms with Gasteiger partial charge in [-0.25, -0.2) is 4.79 Å². The van der Waals surface area contributed by atoms with E-state index in [2.05, 4.69) is 30.4 Å². The van der Waals surface area contributed by atoms with Gasteiger partial charge in [-0.3, -0.25) is 9.69 Å². The van der Waals surface area contributed by atoms with E-state index in [9.17, 15) is 9.59 Å². The number of anilines is 2. The van der Waals surface area contributed by atoms with E-state index >= 15 is 0 Å². The van der Waals surface area contributed by atoms with Crippen molar-refractivity contribution >= 4 is 23.3 Å². The van der Waals surface area contributed by atoms with E-state index in [-0.39, 0.29) is 11.9 Å². The maximum Gasteiger partial charge on any atom is 0.324 e. The lowest BCUT2D eigenvalue weighted by Gasteiger charge is -2.36. The third-order valence-electron chi connectivity index (χ3n) is 5.42. The summed E-state index contributed by atoms with van der Waals surface area (Å²) in [5, 5.41) is 2.95. The van der Waals surface area contributed by atoms with Crippen molar-refractivity contribution in [3.63, 3.8) is 0 Å². The quantitative estimate of drug-likeness (QED) is 0.618. The molecule has 31 heavy (non-hydrogen) atoms. The van der Waals surface area contributed by atoms with Gasteiger partial charge in [0.25, 0.3) is 0 Å². The standard InChI is InChI=1S/C26H27N3O2/c1-20-8-5-11-22(16-20)19-28-14-7-15-29(26(28)31)24-13-6-12-23(18-24)27-25(30)17-21-9-3-2-4-10-21/h2-6,8-13,16,18H,7,14-15,17,19H2,1H3,(H,27,30). The van der Waals surface area contributed by atoms with Crippen LogP contribution in [0.25, 0.3) is 0 Å². The number of carbonyl (C=O) groups is 2. The largest absolute Gasteiger partial charge is 0.326 e. The van der Waals surface area contributed by atoms with Crippen molar-refractivity contribution in [2.24, 2.45) is 0 Å². The van der Waals surface area contributed by atoms with Gasteiger partial charge in [-0.2, -0.15) is 0 Å². The number of nitrogens with one attached hydrogen (secondary N) is 1. The predicted octanol–water partition coefficient (Wildman–Crippen LogP) is 5.01. The molecule has 0 unspecified atom stereocenters. The zero-order chi connectivity index (χ0) is 21.6. The summed E-state index contributed by atoms with van der Waals surface area (Å²) >= 11 is 0. The lowest BCUT2D eigenvalue weighted by Crippen LogP contribution is -2.49. The molecule has 1 N–H and O–H groups in total. The van der Waals surface area contributed by atoms with E-state index in [1.54, 1.807) is 4.90 Å². The molecule has 0 atom stereocenters. The minimum Gasteiger partial charge on any atom is -0.326 e. The highest BCUT2D eigenvalue weighted by Crippen LogP contribution is 2.24. The fraction of sp³-hybridized carbons (Fsp3) is 0.231. The molecule has 3 aromatic carbocycles. The van der Waals surface area contributed by atoms with Crippen molar-refractivity contribution in [2.45, 2.75) is 26.3 Å². The van der Waals surface area contributed by atoms with E-state index in [0.29, 0.717) is 25.2 Å². The zero-order valence-corrected chi connectivity index (χ0v) is 17.8. The van der Waals surface area contributed by atoms with Crippen LogP contribution in [0.15, 0.2) is 78.9 Å². The van der Waals surface area contributed by atoms with Crippen molar-refractivity contribution in [1.29, 1.82) is 0 Å². The van der Waals surface area contributed by atoms with E-state index in [1.807, 2.05) is 65.6 Å². The van der Waals surface area contributed by atoms with Crippen molar-refractivity contribution in [3.8, 4) is 0 Å². The zero-order valence-electron chi connectivity index (χ0n) is 17.8. The van der Waals surface area contributed by atoms with Gasteiger partial charge >= 0.3 is 6.03 Å². The molecule has 3 aromatic rings. The summed E-state index contributed by atoms with van der Waals surface area (Å²) in [7, 11) is 0. The molecule has 158 valence electrons. The van der Waals surface area contributed by atoms with Crippen LogP contribution in [0.5, 0.6) is 0 Å². The maximum atomic E-state index is 13.2. The van der Waals surface area contributed by atoms with Gasteiger partial charge in [0.2, 0.25) is 5.91 Å². The molecule has 0 radical (unpaired) electrons. The Morgan fingerprint density at radius 3 is 2.48 bits per heavy atom. The van der Waals surface area contributed by atoms with Gasteiger partial charge < -0.3 is 10.2 Å². The third-order valence-corrected chi connectivity index (χ3v) is 5.42. The van der Waals surface area contributed by atoms with Gasteiger partial charge in [-0.15, -0.1) is 0 Å². The lowest BCUT2D eigenvalue weighted by molar-refractivity contribution is -0.115. The predicted molar refractivity (Wildman–Crippen MR) is 124 cm³/mol. The average molecular weight is 414 g/mol. The fourth-order valence-corrected chi connectivity index (χ4v) is 3.94. The Bertz CT molecular complexity index is 1070. The van der Waals surface area contributed by atoms with Crippen LogP contribution in [0.4, 0.5) is 16.2 Å². The van der Waals surface area contributed by atoms with E-state index in [1.165, 1.54) is 5.56 Å². The molecule has 1 heterocycles. The van der Waals surface area contributed by atoms with Gasteiger partial charge in [0.05, 0.1) is 6.42 Å². The number of benzene rings is 3. The average Bonchev–Trinajstić information content (AvgIpc) is 2.76. The molecule has 3 amide bonds. The van der Waals surface area contributed by atoms with Crippen LogP contribution in [0.3, 0.4) is 0 Å². The highest BCUT2D eigenvalue weighted by Gasteiger charge is 2.27. The molecule has 4 rings (SSSR count). The van der Waals surface area contributed by atoms with Crippen LogP contribution in [-0.2, 0) is 17.8 Å². The molecule has 1 saturated heterocycles. The third kappa shape index (κ3) is 5.31. The summed E-state index contributed by atoms with van der Waals surface area (Å²) in [6.45, 7) is 4.08. The van der Waals surface area contributed by atoms with E-state index < -0.39 is 0 Å². The highest BCUT2D eigenvalue weighted by molar-refractivity contribution is 5.95. The number of aryl methyl sites for hydroxylation is 1. The summed E-state index contributed by atoms with van der Waals surface area (Å²) in [5.41, 5.74) is 4.79. The molecular weight excluding hydrogens is 386 g/mol. The van der Waals surface area contributed by atoms with Crippen LogP contribution >= 0.6 is 0 Å². The molecule has 1 aliphatic rings. The van der Waals surface area contributed by atoms with Crippen LogP contribution < -0.4 is 10.2 Å². The van der Waals surface area contributed by atoms with Gasteiger partial charge in [0.15, 0.2) is 0 Å². The Morgan fingerprint density at radius 1 is 0.903 bits per heavy atom. The Kier molecular flexibility index (Phi) is 6.32. The number of rotatable bonds is 6. The van der Waals surface area contributed by atoms with Gasteiger partial charge in [0, 0.05) is 31.0 Å². The molecule has 0 spiro atoms. The number of nitrogens with zero attached hydrogens (tertiary/aromatic N) is 2. The first-order valence-electron chi connectivity index (χ1n) is 10.6. The fourth-order valence-electron chi connectivity index (χ4n) is 3.94. The van der Waals surface area contributed by atoms with Crippen LogP contribution in [0, 0.1) is 6.92 Å². The first-order chi connectivity index (χ1) is 15.1. The molecule has 1 aliphatic heterocycles. The maximum absolute atomic E-state index is 13.2. The van der Waals surface area contributed by atoms with Gasteiger partial charge in [-0.1, -0.05) is 66.2 Å².